The molecular weight excluding hydrogens is 152 g/mol. The van der Waals surface area contributed by atoms with Crippen LogP contribution in [0.15, 0.2) is 0 Å². The highest BCUT2D eigenvalue weighted by molar-refractivity contribution is 4.97. The summed E-state index contributed by atoms with van der Waals surface area (Å²) in [5, 5.41) is 16.9. The lowest BCUT2D eigenvalue weighted by atomic mass is 9.86. The van der Waals surface area contributed by atoms with E-state index in [2.05, 4.69) is 10.6 Å². The number of aliphatic hydroxyl groups is 1. The molecule has 12 heavy (non-hydrogen) atoms. The van der Waals surface area contributed by atoms with Crippen molar-refractivity contribution < 1.29 is 5.11 Å². The molecular formula is C9H18N2O. The molecule has 2 saturated heterocycles. The molecule has 2 heterocycles. The summed E-state index contributed by atoms with van der Waals surface area (Å²) in [4.78, 5) is 0. The second-order valence-electron chi connectivity index (χ2n) is 4.03. The topological polar surface area (TPSA) is 44.3 Å². The van der Waals surface area contributed by atoms with Gasteiger partial charge in [0.15, 0.2) is 0 Å². The Labute approximate surface area is 73.5 Å². The van der Waals surface area contributed by atoms with Gasteiger partial charge in [-0.2, -0.15) is 0 Å². The second-order valence-corrected chi connectivity index (χ2v) is 4.03. The van der Waals surface area contributed by atoms with E-state index in [1.807, 2.05) is 0 Å². The maximum atomic E-state index is 10.2. The van der Waals surface area contributed by atoms with E-state index >= 15 is 0 Å². The number of piperidine rings is 1. The number of β-amino-alcohol motifs (C(OH)–C–C–N with tert-alkyl or cyclic N) is 1. The van der Waals surface area contributed by atoms with E-state index in [0.717, 1.165) is 38.9 Å². The van der Waals surface area contributed by atoms with Crippen molar-refractivity contribution in [1.29, 1.82) is 0 Å². The predicted molar refractivity (Wildman–Crippen MR) is 48.1 cm³/mol. The molecule has 0 aromatic rings. The Hall–Kier alpha value is -0.120. The van der Waals surface area contributed by atoms with Crippen LogP contribution in [0.2, 0.25) is 0 Å². The molecule has 2 rings (SSSR count). The first-order valence-corrected chi connectivity index (χ1v) is 4.98. The van der Waals surface area contributed by atoms with E-state index in [1.54, 1.807) is 0 Å². The zero-order valence-corrected chi connectivity index (χ0v) is 7.47. The van der Waals surface area contributed by atoms with E-state index in [-0.39, 0.29) is 0 Å². The molecule has 70 valence electrons. The summed E-state index contributed by atoms with van der Waals surface area (Å²) in [6.45, 7) is 2.91. The van der Waals surface area contributed by atoms with E-state index < -0.39 is 5.60 Å². The summed E-state index contributed by atoms with van der Waals surface area (Å²) in [6.07, 6.45) is 4.41. The van der Waals surface area contributed by atoms with E-state index in [9.17, 15) is 5.11 Å². The summed E-state index contributed by atoms with van der Waals surface area (Å²) in [5.41, 5.74) is -0.464. The van der Waals surface area contributed by atoms with E-state index in [0.29, 0.717) is 6.04 Å². The van der Waals surface area contributed by atoms with Crippen LogP contribution in [0.3, 0.4) is 0 Å². The minimum atomic E-state index is -0.464. The molecule has 0 spiro atoms. The van der Waals surface area contributed by atoms with Crippen LogP contribution < -0.4 is 10.6 Å². The molecule has 0 radical (unpaired) electrons. The molecule has 0 amide bonds. The predicted octanol–water partition coefficient (Wildman–Crippen LogP) is -0.147. The Kier molecular flexibility index (Phi) is 2.35. The molecule has 0 bridgehead atoms. The van der Waals surface area contributed by atoms with Gasteiger partial charge in [0.1, 0.15) is 0 Å². The average Bonchev–Trinajstić information content (AvgIpc) is 2.58. The number of rotatable bonds is 1. The monoisotopic (exact) mass is 170 g/mol. The smallest absolute Gasteiger partial charge is 0.0923 e. The third-order valence-electron chi connectivity index (χ3n) is 3.10. The molecule has 0 aromatic carbocycles. The summed E-state index contributed by atoms with van der Waals surface area (Å²) in [5.74, 6) is 0. The fourth-order valence-corrected chi connectivity index (χ4v) is 2.35. The molecule has 3 nitrogen and oxygen atoms in total. The zero-order valence-electron chi connectivity index (χ0n) is 7.47. The van der Waals surface area contributed by atoms with Gasteiger partial charge in [0.25, 0.3) is 0 Å². The highest BCUT2D eigenvalue weighted by atomic mass is 16.3. The van der Waals surface area contributed by atoms with Crippen molar-refractivity contribution in [2.24, 2.45) is 0 Å². The number of hydrogen-bond acceptors (Lipinski definition) is 3. The van der Waals surface area contributed by atoms with Crippen LogP contribution in [0, 0.1) is 0 Å². The van der Waals surface area contributed by atoms with Gasteiger partial charge in [-0.15, -0.1) is 0 Å². The molecule has 2 unspecified atom stereocenters. The summed E-state index contributed by atoms with van der Waals surface area (Å²) in [7, 11) is 0. The Bertz CT molecular complexity index is 149. The first kappa shape index (κ1) is 8.48. The minimum absolute atomic E-state index is 0.338. The Morgan fingerprint density at radius 1 is 1.25 bits per heavy atom. The SMILES string of the molecule is OC1(C2CCCN2)CCCNC1. The highest BCUT2D eigenvalue weighted by Gasteiger charge is 2.38. The molecule has 0 aromatic heterocycles. The van der Waals surface area contributed by atoms with Crippen LogP contribution in [0.1, 0.15) is 25.7 Å². The fourth-order valence-electron chi connectivity index (χ4n) is 2.35. The van der Waals surface area contributed by atoms with Crippen molar-refractivity contribution >= 4 is 0 Å². The van der Waals surface area contributed by atoms with Crippen molar-refractivity contribution in [1.82, 2.24) is 10.6 Å². The van der Waals surface area contributed by atoms with Crippen molar-refractivity contribution in [2.45, 2.75) is 37.3 Å². The third kappa shape index (κ3) is 1.49. The van der Waals surface area contributed by atoms with Crippen molar-refractivity contribution in [3.63, 3.8) is 0 Å². The van der Waals surface area contributed by atoms with Crippen LogP contribution in [-0.4, -0.2) is 36.4 Å². The lowest BCUT2D eigenvalue weighted by Crippen LogP contribution is -2.56. The molecule has 0 aliphatic carbocycles. The summed E-state index contributed by atoms with van der Waals surface area (Å²) < 4.78 is 0. The van der Waals surface area contributed by atoms with E-state index in [1.165, 1.54) is 6.42 Å². The van der Waals surface area contributed by atoms with Crippen LogP contribution in [0.4, 0.5) is 0 Å². The minimum Gasteiger partial charge on any atom is -0.387 e. The maximum Gasteiger partial charge on any atom is 0.0923 e. The highest BCUT2D eigenvalue weighted by Crippen LogP contribution is 2.25. The van der Waals surface area contributed by atoms with Gasteiger partial charge in [0.2, 0.25) is 0 Å². The second kappa shape index (κ2) is 3.32. The standard InChI is InChI=1S/C9H18N2O/c12-9(4-2-5-10-7-9)8-3-1-6-11-8/h8,10-12H,1-7H2. The van der Waals surface area contributed by atoms with Crippen LogP contribution >= 0.6 is 0 Å². The van der Waals surface area contributed by atoms with Crippen LogP contribution in [-0.2, 0) is 0 Å². The van der Waals surface area contributed by atoms with Crippen LogP contribution in [0.5, 0.6) is 0 Å². The van der Waals surface area contributed by atoms with Gasteiger partial charge in [-0.1, -0.05) is 0 Å². The normalized spacial score (nSPS) is 43.2. The van der Waals surface area contributed by atoms with Gasteiger partial charge >= 0.3 is 0 Å². The van der Waals surface area contributed by atoms with Gasteiger partial charge in [0, 0.05) is 12.6 Å². The zero-order chi connectivity index (χ0) is 8.44. The molecule has 2 fully saturated rings. The van der Waals surface area contributed by atoms with Crippen LogP contribution in [0.25, 0.3) is 0 Å². The van der Waals surface area contributed by atoms with E-state index in [4.69, 9.17) is 0 Å². The molecule has 2 atom stereocenters. The first-order valence-electron chi connectivity index (χ1n) is 4.98. The number of hydrogen-bond donors (Lipinski definition) is 3. The summed E-state index contributed by atoms with van der Waals surface area (Å²) in [6, 6.07) is 0.338. The van der Waals surface area contributed by atoms with Crippen molar-refractivity contribution in [2.75, 3.05) is 19.6 Å². The maximum absolute atomic E-state index is 10.2. The molecule has 2 aliphatic heterocycles. The largest absolute Gasteiger partial charge is 0.387 e. The van der Waals surface area contributed by atoms with Gasteiger partial charge in [0.05, 0.1) is 5.60 Å². The lowest BCUT2D eigenvalue weighted by Gasteiger charge is -2.37. The van der Waals surface area contributed by atoms with Gasteiger partial charge in [-0.3, -0.25) is 0 Å². The Balaban J connectivity index is 1.97. The van der Waals surface area contributed by atoms with Crippen molar-refractivity contribution in [3.05, 3.63) is 0 Å². The van der Waals surface area contributed by atoms with Gasteiger partial charge in [-0.25, -0.2) is 0 Å². The quantitative estimate of drug-likeness (QED) is 0.513. The van der Waals surface area contributed by atoms with Gasteiger partial charge in [-0.05, 0) is 38.8 Å². The fraction of sp³-hybridized carbons (Fsp3) is 1.00. The Morgan fingerprint density at radius 3 is 2.75 bits per heavy atom. The average molecular weight is 170 g/mol. The van der Waals surface area contributed by atoms with Crippen molar-refractivity contribution in [3.8, 4) is 0 Å². The van der Waals surface area contributed by atoms with Gasteiger partial charge < -0.3 is 15.7 Å². The Morgan fingerprint density at radius 2 is 2.17 bits per heavy atom. The number of nitrogens with one attached hydrogen (secondary N) is 2. The molecule has 2 aliphatic rings. The molecule has 3 heteroatoms. The molecule has 3 N–H and O–H groups in total. The molecule has 0 saturated carbocycles. The lowest BCUT2D eigenvalue weighted by molar-refractivity contribution is -0.0131. The first-order chi connectivity index (χ1) is 5.81. The third-order valence-corrected chi connectivity index (χ3v) is 3.10. The summed E-state index contributed by atoms with van der Waals surface area (Å²) >= 11 is 0.